The summed E-state index contributed by atoms with van der Waals surface area (Å²) in [7, 11) is 5.75. The van der Waals surface area contributed by atoms with Crippen LogP contribution in [0.1, 0.15) is 17.2 Å². The molecule has 1 saturated heterocycles. The second kappa shape index (κ2) is 8.76. The van der Waals surface area contributed by atoms with Crippen LogP contribution in [0.25, 0.3) is 11.3 Å². The molecular weight excluding hydrogens is 374 g/mol. The summed E-state index contributed by atoms with van der Waals surface area (Å²) < 4.78 is 11.5. The number of aryl methyl sites for hydroxylation is 1. The molecule has 0 N–H and O–H groups in total. The first-order valence-electron chi connectivity index (χ1n) is 10.3. The Balaban J connectivity index is 1.67. The van der Waals surface area contributed by atoms with Gasteiger partial charge in [0.25, 0.3) is 0 Å². The van der Waals surface area contributed by atoms with E-state index in [0.717, 1.165) is 35.7 Å². The molecule has 5 heteroatoms. The van der Waals surface area contributed by atoms with Crippen LogP contribution in [-0.2, 0) is 4.74 Å². The summed E-state index contributed by atoms with van der Waals surface area (Å²) in [5.41, 5.74) is 6.75. The van der Waals surface area contributed by atoms with Crippen LogP contribution in [0.15, 0.2) is 60.7 Å². The molecule has 0 amide bonds. The molecule has 2 aromatic carbocycles. The van der Waals surface area contributed by atoms with Crippen LogP contribution in [-0.4, -0.2) is 45.9 Å². The van der Waals surface area contributed by atoms with Gasteiger partial charge in [-0.05, 0) is 30.7 Å². The van der Waals surface area contributed by atoms with Crippen molar-refractivity contribution in [2.75, 3.05) is 50.7 Å². The Bertz CT molecular complexity index is 1000. The Morgan fingerprint density at radius 1 is 1.07 bits per heavy atom. The molecule has 30 heavy (non-hydrogen) atoms. The Kier molecular flexibility index (Phi) is 5.91. The van der Waals surface area contributed by atoms with Crippen LogP contribution in [0.3, 0.4) is 0 Å². The highest BCUT2D eigenvalue weighted by Crippen LogP contribution is 2.35. The van der Waals surface area contributed by atoms with Crippen molar-refractivity contribution < 1.29 is 9.47 Å². The van der Waals surface area contributed by atoms with Gasteiger partial charge >= 0.3 is 0 Å². The number of nitrogens with zero attached hydrogens (tertiary/aromatic N) is 3. The summed E-state index contributed by atoms with van der Waals surface area (Å²) in [4.78, 5) is 9.27. The number of rotatable bonds is 5. The SMILES string of the molecule is COc1ccc(N2CCOC(c3cccc(C)c3)C2)c(-c2ccc(N(C)C)cc2)n1. The monoisotopic (exact) mass is 403 g/mol. The van der Waals surface area contributed by atoms with Crippen molar-refractivity contribution in [3.63, 3.8) is 0 Å². The first-order valence-corrected chi connectivity index (χ1v) is 10.3. The molecule has 0 bridgehead atoms. The number of hydrogen-bond donors (Lipinski definition) is 0. The molecule has 0 saturated carbocycles. The second-order valence-electron chi connectivity index (χ2n) is 7.88. The van der Waals surface area contributed by atoms with Gasteiger partial charge in [-0.25, -0.2) is 4.98 Å². The molecule has 1 aliphatic heterocycles. The van der Waals surface area contributed by atoms with Gasteiger partial charge in [0.1, 0.15) is 6.10 Å². The number of benzene rings is 2. The van der Waals surface area contributed by atoms with Crippen LogP contribution >= 0.6 is 0 Å². The predicted molar refractivity (Wildman–Crippen MR) is 123 cm³/mol. The molecule has 1 fully saturated rings. The zero-order chi connectivity index (χ0) is 21.1. The molecule has 1 aromatic heterocycles. The Morgan fingerprint density at radius 3 is 2.57 bits per heavy atom. The molecule has 3 aromatic rings. The van der Waals surface area contributed by atoms with E-state index in [1.165, 1.54) is 11.1 Å². The van der Waals surface area contributed by atoms with Crippen LogP contribution in [0, 0.1) is 6.92 Å². The van der Waals surface area contributed by atoms with Crippen LogP contribution in [0.2, 0.25) is 0 Å². The number of anilines is 2. The van der Waals surface area contributed by atoms with Gasteiger partial charge in [-0.3, -0.25) is 0 Å². The fraction of sp³-hybridized carbons (Fsp3) is 0.320. The van der Waals surface area contributed by atoms with E-state index in [1.54, 1.807) is 7.11 Å². The molecular formula is C25H29N3O2. The van der Waals surface area contributed by atoms with Gasteiger partial charge in [0.2, 0.25) is 5.88 Å². The topological polar surface area (TPSA) is 37.8 Å². The van der Waals surface area contributed by atoms with Gasteiger partial charge in [-0.1, -0.05) is 42.0 Å². The number of ether oxygens (including phenoxy) is 2. The molecule has 0 radical (unpaired) electrons. The average Bonchev–Trinajstić information content (AvgIpc) is 2.79. The van der Waals surface area contributed by atoms with Crippen LogP contribution < -0.4 is 14.5 Å². The normalized spacial score (nSPS) is 16.4. The molecule has 1 aliphatic rings. The van der Waals surface area contributed by atoms with Gasteiger partial charge in [0.15, 0.2) is 0 Å². The van der Waals surface area contributed by atoms with Gasteiger partial charge < -0.3 is 19.3 Å². The lowest BCUT2D eigenvalue weighted by Gasteiger charge is -2.35. The fourth-order valence-electron chi connectivity index (χ4n) is 3.87. The Labute approximate surface area is 178 Å². The van der Waals surface area contributed by atoms with Crippen molar-refractivity contribution in [2.24, 2.45) is 0 Å². The van der Waals surface area contributed by atoms with Crippen molar-refractivity contribution in [3.8, 4) is 17.1 Å². The maximum Gasteiger partial charge on any atom is 0.213 e. The fourth-order valence-corrected chi connectivity index (χ4v) is 3.87. The summed E-state index contributed by atoms with van der Waals surface area (Å²) in [6.45, 7) is 4.43. The van der Waals surface area contributed by atoms with Crippen molar-refractivity contribution in [1.29, 1.82) is 0 Å². The third-order valence-electron chi connectivity index (χ3n) is 5.54. The highest BCUT2D eigenvalue weighted by molar-refractivity contribution is 5.77. The van der Waals surface area contributed by atoms with Crippen molar-refractivity contribution in [2.45, 2.75) is 13.0 Å². The van der Waals surface area contributed by atoms with E-state index in [0.29, 0.717) is 12.5 Å². The Morgan fingerprint density at radius 2 is 1.87 bits per heavy atom. The van der Waals surface area contributed by atoms with Gasteiger partial charge in [-0.15, -0.1) is 0 Å². The molecule has 1 atom stereocenters. The third-order valence-corrected chi connectivity index (χ3v) is 5.54. The van der Waals surface area contributed by atoms with Crippen molar-refractivity contribution >= 4 is 11.4 Å². The lowest BCUT2D eigenvalue weighted by Crippen LogP contribution is -2.38. The molecule has 0 aliphatic carbocycles. The summed E-state index contributed by atoms with van der Waals surface area (Å²) in [5, 5.41) is 0. The summed E-state index contributed by atoms with van der Waals surface area (Å²) in [6, 6.07) is 21.1. The van der Waals surface area contributed by atoms with E-state index < -0.39 is 0 Å². The quantitative estimate of drug-likeness (QED) is 0.617. The van der Waals surface area contributed by atoms with E-state index in [-0.39, 0.29) is 6.10 Å². The third kappa shape index (κ3) is 4.26. The first-order chi connectivity index (χ1) is 14.5. The minimum absolute atomic E-state index is 0.0460. The predicted octanol–water partition coefficient (Wildman–Crippen LogP) is 4.71. The van der Waals surface area contributed by atoms with E-state index in [9.17, 15) is 0 Å². The highest BCUT2D eigenvalue weighted by atomic mass is 16.5. The molecule has 1 unspecified atom stereocenters. The number of hydrogen-bond acceptors (Lipinski definition) is 5. The summed E-state index contributed by atoms with van der Waals surface area (Å²) >= 11 is 0. The zero-order valence-corrected chi connectivity index (χ0v) is 18.1. The number of aromatic nitrogens is 1. The maximum absolute atomic E-state index is 6.11. The molecule has 4 rings (SSSR count). The second-order valence-corrected chi connectivity index (χ2v) is 7.88. The Hall–Kier alpha value is -3.05. The summed E-state index contributed by atoms with van der Waals surface area (Å²) in [5.74, 6) is 0.619. The number of morpholine rings is 1. The molecule has 5 nitrogen and oxygen atoms in total. The average molecular weight is 404 g/mol. The molecule has 156 valence electrons. The van der Waals surface area contributed by atoms with Gasteiger partial charge in [0, 0.05) is 44.5 Å². The van der Waals surface area contributed by atoms with Gasteiger partial charge in [0.05, 0.1) is 25.1 Å². The maximum atomic E-state index is 6.11. The van der Waals surface area contributed by atoms with Crippen molar-refractivity contribution in [1.82, 2.24) is 4.98 Å². The minimum Gasteiger partial charge on any atom is -0.481 e. The smallest absolute Gasteiger partial charge is 0.213 e. The van der Waals surface area contributed by atoms with Crippen molar-refractivity contribution in [3.05, 3.63) is 71.8 Å². The first kappa shape index (κ1) is 20.2. The largest absolute Gasteiger partial charge is 0.481 e. The van der Waals surface area contributed by atoms with E-state index in [1.807, 2.05) is 20.2 Å². The van der Waals surface area contributed by atoms with Crippen LogP contribution in [0.5, 0.6) is 5.88 Å². The van der Waals surface area contributed by atoms with Gasteiger partial charge in [-0.2, -0.15) is 0 Å². The lowest BCUT2D eigenvalue weighted by molar-refractivity contribution is 0.0398. The molecule has 2 heterocycles. The zero-order valence-electron chi connectivity index (χ0n) is 18.1. The standard InChI is InChI=1S/C25H29N3O2/c1-18-6-5-7-20(16-18)23-17-28(14-15-30-23)22-12-13-24(29-4)26-25(22)19-8-10-21(11-9-19)27(2)3/h5-13,16,23H,14-15,17H2,1-4H3. The molecule has 0 spiro atoms. The van der Waals surface area contributed by atoms with Crippen LogP contribution in [0.4, 0.5) is 11.4 Å². The summed E-state index contributed by atoms with van der Waals surface area (Å²) in [6.07, 6.45) is 0.0460. The van der Waals surface area contributed by atoms with E-state index in [4.69, 9.17) is 14.5 Å². The highest BCUT2D eigenvalue weighted by Gasteiger charge is 2.25. The number of methoxy groups -OCH3 is 1. The lowest BCUT2D eigenvalue weighted by atomic mass is 10.0. The van der Waals surface area contributed by atoms with E-state index >= 15 is 0 Å². The minimum atomic E-state index is 0.0460. The van der Waals surface area contributed by atoms with E-state index in [2.05, 4.69) is 71.3 Å². The number of pyridine rings is 1.